The highest BCUT2D eigenvalue weighted by molar-refractivity contribution is 7.99. The molecule has 1 aliphatic heterocycles. The quantitative estimate of drug-likeness (QED) is 0.560. The third-order valence-corrected chi connectivity index (χ3v) is 6.79. The highest BCUT2D eigenvalue weighted by Crippen LogP contribution is 2.27. The number of benzene rings is 2. The van der Waals surface area contributed by atoms with E-state index in [1.165, 1.54) is 23.9 Å². The van der Waals surface area contributed by atoms with E-state index in [9.17, 15) is 14.0 Å². The molecule has 1 N–H and O–H groups in total. The number of carbonyl (C=O) groups excluding carboxylic acids is 1. The molecular formula is C24H28ClFN2O4S. The predicted octanol–water partition coefficient (Wildman–Crippen LogP) is 4.30. The minimum absolute atomic E-state index is 0.00792. The maximum atomic E-state index is 13.2. The number of piperazine rings is 1. The molecule has 1 fully saturated rings. The second-order valence-corrected chi connectivity index (χ2v) is 9.65. The van der Waals surface area contributed by atoms with Gasteiger partial charge in [-0.25, -0.2) is 4.39 Å². The van der Waals surface area contributed by atoms with Crippen LogP contribution in [0.25, 0.3) is 0 Å². The molecule has 1 saturated heterocycles. The molecule has 2 unspecified atom stereocenters. The van der Waals surface area contributed by atoms with Crippen LogP contribution in [0.5, 0.6) is 5.75 Å². The zero-order chi connectivity index (χ0) is 24.0. The molecular weight excluding hydrogens is 467 g/mol. The van der Waals surface area contributed by atoms with Crippen molar-refractivity contribution in [3.05, 3.63) is 64.4 Å². The third-order valence-electron chi connectivity index (χ3n) is 5.59. The number of nitrogens with zero attached hydrogens (tertiary/aromatic N) is 2. The van der Waals surface area contributed by atoms with Crippen molar-refractivity contribution in [3.8, 4) is 5.75 Å². The first-order valence-electron chi connectivity index (χ1n) is 10.7. The van der Waals surface area contributed by atoms with Crippen LogP contribution in [0.15, 0.2) is 42.5 Å². The van der Waals surface area contributed by atoms with Gasteiger partial charge < -0.3 is 14.7 Å². The molecule has 2 aromatic carbocycles. The number of amides is 1. The zero-order valence-corrected chi connectivity index (χ0v) is 20.2. The fraction of sp³-hybridized carbons (Fsp3) is 0.417. The number of hydrogen-bond acceptors (Lipinski definition) is 5. The second kappa shape index (κ2) is 11.7. The van der Waals surface area contributed by atoms with Crippen molar-refractivity contribution >= 4 is 35.2 Å². The first-order valence-corrected chi connectivity index (χ1v) is 12.2. The summed E-state index contributed by atoms with van der Waals surface area (Å²) < 4.78 is 19.0. The molecule has 0 radical (unpaired) electrons. The van der Waals surface area contributed by atoms with Gasteiger partial charge in [0.1, 0.15) is 11.6 Å². The van der Waals surface area contributed by atoms with Crippen molar-refractivity contribution in [2.75, 3.05) is 25.4 Å². The van der Waals surface area contributed by atoms with E-state index in [4.69, 9.17) is 21.4 Å². The Hall–Kier alpha value is -2.29. The summed E-state index contributed by atoms with van der Waals surface area (Å²) >= 11 is 7.32. The molecule has 1 amide bonds. The Bertz CT molecular complexity index is 975. The predicted molar refractivity (Wildman–Crippen MR) is 128 cm³/mol. The first-order chi connectivity index (χ1) is 15.7. The van der Waals surface area contributed by atoms with Crippen molar-refractivity contribution < 1.29 is 23.8 Å². The number of rotatable bonds is 9. The van der Waals surface area contributed by atoms with Crippen LogP contribution >= 0.6 is 23.4 Å². The summed E-state index contributed by atoms with van der Waals surface area (Å²) in [6.45, 7) is 5.97. The van der Waals surface area contributed by atoms with Gasteiger partial charge in [-0.1, -0.05) is 23.7 Å². The third kappa shape index (κ3) is 7.35. The second-order valence-electron chi connectivity index (χ2n) is 8.23. The lowest BCUT2D eigenvalue weighted by molar-refractivity contribution is -0.139. The highest BCUT2D eigenvalue weighted by Gasteiger charge is 2.32. The van der Waals surface area contributed by atoms with Crippen molar-refractivity contribution in [2.24, 2.45) is 0 Å². The molecule has 6 nitrogen and oxygen atoms in total. The smallest absolute Gasteiger partial charge is 0.313 e. The molecule has 2 aromatic rings. The number of halogens is 2. The Morgan fingerprint density at radius 2 is 1.88 bits per heavy atom. The van der Waals surface area contributed by atoms with Gasteiger partial charge in [0.2, 0.25) is 0 Å². The summed E-state index contributed by atoms with van der Waals surface area (Å²) in [6, 6.07) is 11.8. The number of aliphatic carboxylic acids is 1. The van der Waals surface area contributed by atoms with Gasteiger partial charge in [0.15, 0.2) is 6.61 Å². The van der Waals surface area contributed by atoms with Crippen molar-refractivity contribution in [1.82, 2.24) is 9.80 Å². The van der Waals surface area contributed by atoms with Crippen molar-refractivity contribution in [1.29, 1.82) is 0 Å². The maximum Gasteiger partial charge on any atom is 0.313 e. The average Bonchev–Trinajstić information content (AvgIpc) is 2.76. The summed E-state index contributed by atoms with van der Waals surface area (Å²) in [6.07, 6.45) is 0. The van der Waals surface area contributed by atoms with Gasteiger partial charge in [-0.3, -0.25) is 14.5 Å². The summed E-state index contributed by atoms with van der Waals surface area (Å²) in [5.74, 6) is -0.314. The van der Waals surface area contributed by atoms with Gasteiger partial charge in [0.25, 0.3) is 5.91 Å². The fourth-order valence-corrected chi connectivity index (χ4v) is 4.78. The van der Waals surface area contributed by atoms with E-state index >= 15 is 0 Å². The lowest BCUT2D eigenvalue weighted by Gasteiger charge is -2.44. The summed E-state index contributed by atoms with van der Waals surface area (Å²) in [5.41, 5.74) is 1.79. The van der Waals surface area contributed by atoms with Gasteiger partial charge in [-0.15, -0.1) is 11.8 Å². The zero-order valence-electron chi connectivity index (χ0n) is 18.7. The van der Waals surface area contributed by atoms with Crippen LogP contribution in [0, 0.1) is 5.82 Å². The summed E-state index contributed by atoms with van der Waals surface area (Å²) in [7, 11) is 0. The minimum Gasteiger partial charge on any atom is -0.483 e. The molecule has 178 valence electrons. The molecule has 2 atom stereocenters. The van der Waals surface area contributed by atoms with Crippen molar-refractivity contribution in [2.45, 2.75) is 38.2 Å². The van der Waals surface area contributed by atoms with E-state index < -0.39 is 5.97 Å². The normalized spacial score (nSPS) is 18.8. The van der Waals surface area contributed by atoms with Gasteiger partial charge >= 0.3 is 5.97 Å². The minimum atomic E-state index is -0.888. The Balaban J connectivity index is 1.56. The van der Waals surface area contributed by atoms with Crippen LogP contribution in [-0.2, 0) is 21.9 Å². The van der Waals surface area contributed by atoms with Crippen molar-refractivity contribution in [3.63, 3.8) is 0 Å². The number of hydrogen-bond donors (Lipinski definition) is 1. The summed E-state index contributed by atoms with van der Waals surface area (Å²) in [5, 5.41) is 9.37. The van der Waals surface area contributed by atoms with Gasteiger partial charge in [0, 0.05) is 48.1 Å². The molecule has 33 heavy (non-hydrogen) atoms. The van der Waals surface area contributed by atoms with E-state index in [2.05, 4.69) is 11.8 Å². The molecule has 0 aromatic heterocycles. The van der Waals surface area contributed by atoms with Crippen LogP contribution in [0.4, 0.5) is 4.39 Å². The van der Waals surface area contributed by atoms with E-state index in [1.807, 2.05) is 11.8 Å². The van der Waals surface area contributed by atoms with Crippen LogP contribution in [0.2, 0.25) is 5.02 Å². The van der Waals surface area contributed by atoms with Crippen LogP contribution in [0.1, 0.15) is 25.0 Å². The lowest BCUT2D eigenvalue weighted by Crippen LogP contribution is -2.58. The highest BCUT2D eigenvalue weighted by atomic mass is 35.5. The van der Waals surface area contributed by atoms with Crippen LogP contribution in [-0.4, -0.2) is 64.3 Å². The molecule has 0 spiro atoms. The van der Waals surface area contributed by atoms with Gasteiger partial charge in [-0.05, 0) is 49.7 Å². The Morgan fingerprint density at radius 1 is 1.15 bits per heavy atom. The van der Waals surface area contributed by atoms with E-state index in [0.717, 1.165) is 11.1 Å². The SMILES string of the molecule is CC1CN(C(=O)COc2ccc(Cl)cc2CSCC(=O)O)C(C)CN1Cc1ccc(F)cc1. The van der Waals surface area contributed by atoms with E-state index in [1.54, 1.807) is 30.3 Å². The maximum absolute atomic E-state index is 13.2. The Morgan fingerprint density at radius 3 is 2.58 bits per heavy atom. The molecule has 0 bridgehead atoms. The standard InChI is InChI=1S/C24H28ClFN2O4S/c1-16-11-28(17(2)10-27(16)12-18-3-6-21(26)7-4-18)23(29)13-32-22-8-5-20(25)9-19(22)14-33-15-24(30)31/h3-9,16-17H,10-15H2,1-2H3,(H,30,31). The largest absolute Gasteiger partial charge is 0.483 e. The lowest BCUT2D eigenvalue weighted by atomic mass is 10.1. The Kier molecular flexibility index (Phi) is 9.00. The molecule has 0 saturated carbocycles. The number of carboxylic acids is 1. The van der Waals surface area contributed by atoms with Gasteiger partial charge in [0.05, 0.1) is 5.75 Å². The van der Waals surface area contributed by atoms with E-state index in [0.29, 0.717) is 36.2 Å². The topological polar surface area (TPSA) is 70.1 Å². The van der Waals surface area contributed by atoms with Crippen LogP contribution in [0.3, 0.4) is 0 Å². The molecule has 3 rings (SSSR count). The number of carbonyl (C=O) groups is 2. The van der Waals surface area contributed by atoms with Gasteiger partial charge in [-0.2, -0.15) is 0 Å². The Labute approximate surface area is 202 Å². The molecule has 9 heteroatoms. The first kappa shape index (κ1) is 25.3. The van der Waals surface area contributed by atoms with Crippen LogP contribution < -0.4 is 4.74 Å². The number of ether oxygens (including phenoxy) is 1. The molecule has 1 heterocycles. The molecule has 0 aliphatic carbocycles. The average molecular weight is 495 g/mol. The monoisotopic (exact) mass is 494 g/mol. The summed E-state index contributed by atoms with van der Waals surface area (Å²) in [4.78, 5) is 27.8. The van der Waals surface area contributed by atoms with E-state index in [-0.39, 0.29) is 36.2 Å². The number of thioether (sulfide) groups is 1. The number of carboxylic acid groups (broad SMARTS) is 1. The molecule has 1 aliphatic rings. The fourth-order valence-electron chi connectivity index (χ4n) is 3.86.